The first-order valence-electron chi connectivity index (χ1n) is 7.19. The van der Waals surface area contributed by atoms with Crippen molar-refractivity contribution in [2.45, 2.75) is 45.1 Å². The van der Waals surface area contributed by atoms with Gasteiger partial charge in [0.15, 0.2) is 0 Å². The molecule has 100 valence electrons. The number of likely N-dealkylation sites (tertiary alicyclic amines) is 1. The summed E-state index contributed by atoms with van der Waals surface area (Å²) in [5.41, 5.74) is 0. The molecule has 2 saturated carbocycles. The summed E-state index contributed by atoms with van der Waals surface area (Å²) in [4.78, 5) is 25.3. The number of nitrogens with zero attached hydrogens (tertiary/aromatic N) is 1. The van der Waals surface area contributed by atoms with Crippen LogP contribution in [0.1, 0.15) is 39.0 Å². The normalized spacial score (nSPS) is 35.2. The number of rotatable bonds is 2. The Hall–Kier alpha value is -1.06. The number of carbonyl (C=O) groups excluding carboxylic acids is 2. The summed E-state index contributed by atoms with van der Waals surface area (Å²) >= 11 is 0. The third-order valence-corrected chi connectivity index (χ3v) is 4.81. The largest absolute Gasteiger partial charge is 0.353 e. The lowest BCUT2D eigenvalue weighted by Gasteiger charge is -2.34. The Morgan fingerprint density at radius 3 is 2.22 bits per heavy atom. The van der Waals surface area contributed by atoms with Crippen LogP contribution in [0.25, 0.3) is 0 Å². The molecule has 2 atom stereocenters. The van der Waals surface area contributed by atoms with Gasteiger partial charge in [0.05, 0.1) is 0 Å². The fraction of sp³-hybridized carbons (Fsp3) is 0.857. The molecule has 3 fully saturated rings. The Bertz CT molecular complexity index is 351. The van der Waals surface area contributed by atoms with Crippen molar-refractivity contribution < 1.29 is 9.59 Å². The molecule has 0 bridgehead atoms. The fourth-order valence-corrected chi connectivity index (χ4v) is 3.71. The SMILES string of the molecule is CC(=O)NC1CCN(C(=O)C2CC3CC3C2)CC1. The number of hydrogen-bond donors (Lipinski definition) is 1. The summed E-state index contributed by atoms with van der Waals surface area (Å²) in [7, 11) is 0. The van der Waals surface area contributed by atoms with Gasteiger partial charge in [0, 0.05) is 32.0 Å². The second kappa shape index (κ2) is 4.56. The highest BCUT2D eigenvalue weighted by Crippen LogP contribution is 2.54. The van der Waals surface area contributed by atoms with Gasteiger partial charge in [-0.2, -0.15) is 0 Å². The number of piperidine rings is 1. The van der Waals surface area contributed by atoms with Gasteiger partial charge < -0.3 is 10.2 Å². The molecule has 1 N–H and O–H groups in total. The van der Waals surface area contributed by atoms with Crippen LogP contribution in [-0.2, 0) is 9.59 Å². The van der Waals surface area contributed by atoms with Crippen LogP contribution in [-0.4, -0.2) is 35.8 Å². The van der Waals surface area contributed by atoms with Crippen molar-refractivity contribution in [3.05, 3.63) is 0 Å². The van der Waals surface area contributed by atoms with E-state index in [1.165, 1.54) is 6.42 Å². The van der Waals surface area contributed by atoms with Crippen LogP contribution >= 0.6 is 0 Å². The Morgan fingerprint density at radius 1 is 1.06 bits per heavy atom. The van der Waals surface area contributed by atoms with Crippen molar-refractivity contribution in [3.8, 4) is 0 Å². The lowest BCUT2D eigenvalue weighted by atomic mass is 9.98. The van der Waals surface area contributed by atoms with Crippen LogP contribution in [0.3, 0.4) is 0 Å². The molecular weight excluding hydrogens is 228 g/mol. The van der Waals surface area contributed by atoms with Crippen LogP contribution in [0, 0.1) is 17.8 Å². The summed E-state index contributed by atoms with van der Waals surface area (Å²) in [6, 6.07) is 0.267. The average molecular weight is 250 g/mol. The van der Waals surface area contributed by atoms with Gasteiger partial charge in [0.2, 0.25) is 11.8 Å². The molecule has 0 aromatic carbocycles. The third kappa shape index (κ3) is 2.38. The Morgan fingerprint density at radius 2 is 1.67 bits per heavy atom. The molecule has 0 aromatic heterocycles. The zero-order valence-electron chi connectivity index (χ0n) is 11.0. The average Bonchev–Trinajstić information content (AvgIpc) is 2.95. The van der Waals surface area contributed by atoms with E-state index in [1.807, 2.05) is 4.90 Å². The smallest absolute Gasteiger partial charge is 0.225 e. The lowest BCUT2D eigenvalue weighted by Crippen LogP contribution is -2.47. The van der Waals surface area contributed by atoms with Gasteiger partial charge in [0.1, 0.15) is 0 Å². The maximum absolute atomic E-state index is 12.3. The molecule has 18 heavy (non-hydrogen) atoms. The molecule has 3 aliphatic rings. The predicted molar refractivity (Wildman–Crippen MR) is 67.7 cm³/mol. The minimum absolute atomic E-state index is 0.0376. The Balaban J connectivity index is 1.47. The molecule has 1 aliphatic heterocycles. The van der Waals surface area contributed by atoms with Crippen LogP contribution in [0.15, 0.2) is 0 Å². The van der Waals surface area contributed by atoms with E-state index in [-0.39, 0.29) is 11.9 Å². The van der Waals surface area contributed by atoms with Gasteiger partial charge in [-0.1, -0.05) is 0 Å². The van der Waals surface area contributed by atoms with Gasteiger partial charge in [-0.25, -0.2) is 0 Å². The summed E-state index contributed by atoms with van der Waals surface area (Å²) in [6.45, 7) is 3.19. The molecule has 0 spiro atoms. The van der Waals surface area contributed by atoms with Gasteiger partial charge in [0.25, 0.3) is 0 Å². The maximum Gasteiger partial charge on any atom is 0.225 e. The van der Waals surface area contributed by atoms with E-state index in [0.29, 0.717) is 11.8 Å². The summed E-state index contributed by atoms with van der Waals surface area (Å²) in [5, 5.41) is 2.95. The minimum atomic E-state index is 0.0376. The maximum atomic E-state index is 12.3. The summed E-state index contributed by atoms with van der Waals surface area (Å²) in [6.07, 6.45) is 5.45. The highest BCUT2D eigenvalue weighted by Gasteiger charge is 2.48. The molecule has 2 unspecified atom stereocenters. The first-order valence-corrected chi connectivity index (χ1v) is 7.19. The van der Waals surface area contributed by atoms with E-state index in [1.54, 1.807) is 6.92 Å². The van der Waals surface area contributed by atoms with Gasteiger partial charge in [-0.15, -0.1) is 0 Å². The standard InChI is InChI=1S/C14H22N2O2/c1-9(17)15-13-2-4-16(5-3-13)14(18)12-7-10-6-11(10)8-12/h10-13H,2-8H2,1H3,(H,15,17). The molecule has 0 aromatic rings. The first-order chi connectivity index (χ1) is 8.63. The van der Waals surface area contributed by atoms with Gasteiger partial charge in [-0.05, 0) is 43.9 Å². The lowest BCUT2D eigenvalue weighted by molar-refractivity contribution is -0.136. The van der Waals surface area contributed by atoms with E-state index >= 15 is 0 Å². The van der Waals surface area contributed by atoms with E-state index in [2.05, 4.69) is 5.32 Å². The third-order valence-electron chi connectivity index (χ3n) is 4.81. The van der Waals surface area contributed by atoms with Gasteiger partial charge in [-0.3, -0.25) is 9.59 Å². The molecule has 4 heteroatoms. The number of amides is 2. The van der Waals surface area contributed by atoms with Crippen molar-refractivity contribution in [2.75, 3.05) is 13.1 Å². The number of carbonyl (C=O) groups is 2. The van der Waals surface area contributed by atoms with Crippen LogP contribution < -0.4 is 5.32 Å². The minimum Gasteiger partial charge on any atom is -0.353 e. The predicted octanol–water partition coefficient (Wildman–Crippen LogP) is 1.16. The summed E-state index contributed by atoms with van der Waals surface area (Å²) < 4.78 is 0. The quantitative estimate of drug-likeness (QED) is 0.799. The van der Waals surface area contributed by atoms with Crippen LogP contribution in [0.2, 0.25) is 0 Å². The Kier molecular flexibility index (Phi) is 3.04. The number of nitrogens with one attached hydrogen (secondary N) is 1. The molecule has 1 heterocycles. The van der Waals surface area contributed by atoms with Crippen molar-refractivity contribution in [3.63, 3.8) is 0 Å². The number of fused-ring (bicyclic) bond motifs is 1. The topological polar surface area (TPSA) is 49.4 Å². The van der Waals surface area contributed by atoms with Crippen molar-refractivity contribution >= 4 is 11.8 Å². The van der Waals surface area contributed by atoms with E-state index in [0.717, 1.165) is 50.6 Å². The number of hydrogen-bond acceptors (Lipinski definition) is 2. The van der Waals surface area contributed by atoms with Gasteiger partial charge >= 0.3 is 0 Å². The van der Waals surface area contributed by atoms with Crippen LogP contribution in [0.5, 0.6) is 0 Å². The molecule has 0 radical (unpaired) electrons. The molecule has 1 saturated heterocycles. The first kappa shape index (κ1) is 12.0. The van der Waals surface area contributed by atoms with Crippen LogP contribution in [0.4, 0.5) is 0 Å². The van der Waals surface area contributed by atoms with E-state index in [9.17, 15) is 9.59 Å². The highest BCUT2D eigenvalue weighted by molar-refractivity contribution is 5.79. The molecule has 2 aliphatic carbocycles. The second-order valence-corrected chi connectivity index (χ2v) is 6.22. The monoisotopic (exact) mass is 250 g/mol. The zero-order valence-corrected chi connectivity index (χ0v) is 11.0. The van der Waals surface area contributed by atoms with E-state index < -0.39 is 0 Å². The highest BCUT2D eigenvalue weighted by atomic mass is 16.2. The molecule has 4 nitrogen and oxygen atoms in total. The fourth-order valence-electron chi connectivity index (χ4n) is 3.71. The van der Waals surface area contributed by atoms with Crippen molar-refractivity contribution in [1.82, 2.24) is 10.2 Å². The molecular formula is C14H22N2O2. The Labute approximate surface area is 108 Å². The van der Waals surface area contributed by atoms with Crippen molar-refractivity contribution in [2.24, 2.45) is 17.8 Å². The molecule has 3 rings (SSSR count). The molecule has 2 amide bonds. The van der Waals surface area contributed by atoms with E-state index in [4.69, 9.17) is 0 Å². The summed E-state index contributed by atoms with van der Waals surface area (Å²) in [5.74, 6) is 2.47. The zero-order chi connectivity index (χ0) is 12.7. The van der Waals surface area contributed by atoms with Crippen molar-refractivity contribution in [1.29, 1.82) is 0 Å². The second-order valence-electron chi connectivity index (χ2n) is 6.22.